The van der Waals surface area contributed by atoms with Gasteiger partial charge < -0.3 is 5.11 Å². The second kappa shape index (κ2) is 7.00. The van der Waals surface area contributed by atoms with Gasteiger partial charge in [-0.2, -0.15) is 0 Å². The van der Waals surface area contributed by atoms with Crippen LogP contribution in [-0.2, 0) is 4.79 Å². The van der Waals surface area contributed by atoms with Crippen LogP contribution in [0, 0.1) is 5.92 Å². The molecule has 1 N–H and O–H groups in total. The van der Waals surface area contributed by atoms with Crippen LogP contribution in [0.25, 0.3) is 0 Å². The molecule has 17 heavy (non-hydrogen) atoms. The number of likely N-dealkylation sites (tertiary alicyclic amines) is 1. The summed E-state index contributed by atoms with van der Waals surface area (Å²) in [5, 5.41) is 9.07. The van der Waals surface area contributed by atoms with Gasteiger partial charge in [0.05, 0.1) is 5.92 Å². The van der Waals surface area contributed by atoms with Crippen molar-refractivity contribution in [2.45, 2.75) is 71.4 Å². The number of hydrogen-bond acceptors (Lipinski definition) is 2. The summed E-state index contributed by atoms with van der Waals surface area (Å²) in [6.07, 6.45) is 6.57. The molecular formula is C14H27NO2. The molecule has 0 radical (unpaired) electrons. The molecule has 3 nitrogen and oxygen atoms in total. The van der Waals surface area contributed by atoms with E-state index >= 15 is 0 Å². The average Bonchev–Trinajstić information content (AvgIpc) is 2.28. The molecule has 0 aromatic carbocycles. The normalized spacial score (nSPS) is 26.4. The number of carbonyl (C=O) groups is 1. The van der Waals surface area contributed by atoms with E-state index in [1.807, 2.05) is 0 Å². The van der Waals surface area contributed by atoms with Gasteiger partial charge in [-0.05, 0) is 39.2 Å². The lowest BCUT2D eigenvalue weighted by molar-refractivity contribution is -0.144. The lowest BCUT2D eigenvalue weighted by Crippen LogP contribution is -2.48. The molecule has 0 bridgehead atoms. The smallest absolute Gasteiger partial charge is 0.306 e. The molecule has 0 spiro atoms. The van der Waals surface area contributed by atoms with E-state index in [-0.39, 0.29) is 5.92 Å². The number of piperidine rings is 1. The Bertz CT molecular complexity index is 236. The van der Waals surface area contributed by atoms with Gasteiger partial charge in [0.25, 0.3) is 0 Å². The van der Waals surface area contributed by atoms with Crippen LogP contribution in [0.2, 0.25) is 0 Å². The van der Waals surface area contributed by atoms with E-state index in [2.05, 4.69) is 25.7 Å². The van der Waals surface area contributed by atoms with E-state index in [1.165, 1.54) is 25.7 Å². The zero-order valence-electron chi connectivity index (χ0n) is 11.5. The Kier molecular flexibility index (Phi) is 5.96. The van der Waals surface area contributed by atoms with Crippen molar-refractivity contribution in [3.05, 3.63) is 0 Å². The molecule has 100 valence electrons. The van der Waals surface area contributed by atoms with E-state index < -0.39 is 5.97 Å². The Balaban J connectivity index is 2.56. The van der Waals surface area contributed by atoms with Crippen molar-refractivity contribution in [3.63, 3.8) is 0 Å². The molecule has 0 aliphatic carbocycles. The largest absolute Gasteiger partial charge is 0.481 e. The minimum absolute atomic E-state index is 0.120. The highest BCUT2D eigenvalue weighted by molar-refractivity contribution is 5.70. The number of carboxylic acid groups (broad SMARTS) is 1. The number of nitrogens with zero attached hydrogens (tertiary/aromatic N) is 1. The van der Waals surface area contributed by atoms with Crippen LogP contribution in [0.1, 0.15) is 59.3 Å². The zero-order valence-corrected chi connectivity index (χ0v) is 11.5. The Morgan fingerprint density at radius 2 is 1.94 bits per heavy atom. The van der Waals surface area contributed by atoms with Crippen molar-refractivity contribution in [2.75, 3.05) is 6.54 Å². The van der Waals surface area contributed by atoms with Crippen LogP contribution in [0.15, 0.2) is 0 Å². The molecule has 1 aliphatic rings. The number of aliphatic carboxylic acids is 1. The highest BCUT2D eigenvalue weighted by Gasteiger charge is 2.32. The van der Waals surface area contributed by atoms with Crippen molar-refractivity contribution in [1.82, 2.24) is 4.90 Å². The second-order valence-electron chi connectivity index (χ2n) is 5.38. The second-order valence-corrected chi connectivity index (χ2v) is 5.38. The third-order valence-electron chi connectivity index (χ3n) is 3.99. The van der Waals surface area contributed by atoms with E-state index in [0.717, 1.165) is 19.4 Å². The maximum Gasteiger partial charge on any atom is 0.306 e. The van der Waals surface area contributed by atoms with Gasteiger partial charge in [-0.1, -0.05) is 26.7 Å². The summed E-state index contributed by atoms with van der Waals surface area (Å²) in [6, 6.07) is 1.09. The molecule has 1 heterocycles. The average molecular weight is 241 g/mol. The van der Waals surface area contributed by atoms with E-state index in [4.69, 9.17) is 5.11 Å². The van der Waals surface area contributed by atoms with E-state index in [0.29, 0.717) is 12.1 Å². The monoisotopic (exact) mass is 241 g/mol. The van der Waals surface area contributed by atoms with Gasteiger partial charge >= 0.3 is 5.97 Å². The number of carboxylic acids is 1. The minimum Gasteiger partial charge on any atom is -0.481 e. The van der Waals surface area contributed by atoms with Crippen molar-refractivity contribution in [1.29, 1.82) is 0 Å². The number of rotatable bonds is 6. The molecule has 2 unspecified atom stereocenters. The molecule has 0 saturated carbocycles. The summed E-state index contributed by atoms with van der Waals surface area (Å²) < 4.78 is 0. The van der Waals surface area contributed by atoms with Crippen molar-refractivity contribution in [3.8, 4) is 0 Å². The molecule has 0 amide bonds. The summed E-state index contributed by atoms with van der Waals surface area (Å²) in [5.74, 6) is -0.732. The first kappa shape index (κ1) is 14.5. The predicted molar refractivity (Wildman–Crippen MR) is 70.1 cm³/mol. The quantitative estimate of drug-likeness (QED) is 0.776. The first-order valence-electron chi connectivity index (χ1n) is 7.08. The first-order valence-corrected chi connectivity index (χ1v) is 7.08. The molecule has 0 aromatic heterocycles. The topological polar surface area (TPSA) is 40.5 Å². The molecule has 1 fully saturated rings. The highest BCUT2D eigenvalue weighted by Crippen LogP contribution is 2.27. The van der Waals surface area contributed by atoms with Gasteiger partial charge in [-0.3, -0.25) is 9.69 Å². The fourth-order valence-corrected chi connectivity index (χ4v) is 3.10. The standard InChI is InChI=1S/C14H27NO2/c1-4-6-13(7-5-2)15-9-8-12(14(16)17)10-11(15)3/h11-13H,4-10H2,1-3H3,(H,16,17). The van der Waals surface area contributed by atoms with Crippen LogP contribution in [-0.4, -0.2) is 34.6 Å². The van der Waals surface area contributed by atoms with Gasteiger partial charge in [0.15, 0.2) is 0 Å². The minimum atomic E-state index is -0.612. The first-order chi connectivity index (χ1) is 8.10. The summed E-state index contributed by atoms with van der Waals surface area (Å²) in [7, 11) is 0. The third-order valence-corrected chi connectivity index (χ3v) is 3.99. The lowest BCUT2D eigenvalue weighted by atomic mass is 9.89. The van der Waals surface area contributed by atoms with Crippen LogP contribution in [0.5, 0.6) is 0 Å². The van der Waals surface area contributed by atoms with Crippen molar-refractivity contribution >= 4 is 5.97 Å². The van der Waals surface area contributed by atoms with Gasteiger partial charge in [-0.15, -0.1) is 0 Å². The highest BCUT2D eigenvalue weighted by atomic mass is 16.4. The summed E-state index contributed by atoms with van der Waals surface area (Å²) in [4.78, 5) is 13.6. The summed E-state index contributed by atoms with van der Waals surface area (Å²) >= 11 is 0. The summed E-state index contributed by atoms with van der Waals surface area (Å²) in [6.45, 7) is 7.62. The van der Waals surface area contributed by atoms with Crippen LogP contribution < -0.4 is 0 Å². The predicted octanol–water partition coefficient (Wildman–Crippen LogP) is 3.14. The molecule has 1 saturated heterocycles. The van der Waals surface area contributed by atoms with Gasteiger partial charge in [-0.25, -0.2) is 0 Å². The van der Waals surface area contributed by atoms with E-state index in [9.17, 15) is 4.79 Å². The van der Waals surface area contributed by atoms with Gasteiger partial charge in [0, 0.05) is 12.1 Å². The Morgan fingerprint density at radius 3 is 2.35 bits per heavy atom. The fourth-order valence-electron chi connectivity index (χ4n) is 3.10. The van der Waals surface area contributed by atoms with Gasteiger partial charge in [0.2, 0.25) is 0 Å². The zero-order chi connectivity index (χ0) is 12.8. The Hall–Kier alpha value is -0.570. The molecule has 2 atom stereocenters. The Morgan fingerprint density at radius 1 is 1.35 bits per heavy atom. The maximum atomic E-state index is 11.0. The molecule has 3 heteroatoms. The van der Waals surface area contributed by atoms with Gasteiger partial charge in [0.1, 0.15) is 0 Å². The number of hydrogen-bond donors (Lipinski definition) is 1. The Labute approximate surface area is 105 Å². The van der Waals surface area contributed by atoms with Crippen molar-refractivity contribution in [2.24, 2.45) is 5.92 Å². The van der Waals surface area contributed by atoms with E-state index in [1.54, 1.807) is 0 Å². The SMILES string of the molecule is CCCC(CCC)N1CCC(C(=O)O)CC1C. The fraction of sp³-hybridized carbons (Fsp3) is 0.929. The summed E-state index contributed by atoms with van der Waals surface area (Å²) in [5.41, 5.74) is 0. The van der Waals surface area contributed by atoms with Crippen LogP contribution >= 0.6 is 0 Å². The van der Waals surface area contributed by atoms with Crippen LogP contribution in [0.4, 0.5) is 0 Å². The third kappa shape index (κ3) is 3.98. The molecule has 1 rings (SSSR count). The van der Waals surface area contributed by atoms with Crippen molar-refractivity contribution < 1.29 is 9.90 Å². The van der Waals surface area contributed by atoms with Crippen LogP contribution in [0.3, 0.4) is 0 Å². The maximum absolute atomic E-state index is 11.0. The molecular weight excluding hydrogens is 214 g/mol. The molecule has 0 aromatic rings. The molecule has 1 aliphatic heterocycles. The lowest BCUT2D eigenvalue weighted by Gasteiger charge is -2.41.